The molecule has 0 radical (unpaired) electrons. The van der Waals surface area contributed by atoms with E-state index in [0.29, 0.717) is 0 Å². The largest absolute Gasteiger partial charge is 0.515 e. The molecule has 0 aromatic heterocycles. The van der Waals surface area contributed by atoms with Gasteiger partial charge in [-0.15, -0.1) is 0 Å². The minimum Gasteiger partial charge on any atom is -0.515 e. The molecule has 0 saturated carbocycles. The summed E-state index contributed by atoms with van der Waals surface area (Å²) in [5.41, 5.74) is 7.48. The molecule has 128 valence electrons. The van der Waals surface area contributed by atoms with Crippen LogP contribution >= 0.6 is 0 Å². The van der Waals surface area contributed by atoms with Gasteiger partial charge in [0.1, 0.15) is 0 Å². The van der Waals surface area contributed by atoms with E-state index in [-0.39, 0.29) is 0 Å². The highest BCUT2D eigenvalue weighted by Crippen LogP contribution is 2.29. The van der Waals surface area contributed by atoms with Crippen LogP contribution < -0.4 is 0 Å². The maximum atomic E-state index is 9.68. The van der Waals surface area contributed by atoms with E-state index in [0.717, 1.165) is 43.6 Å². The minimum absolute atomic E-state index is 0.945. The van der Waals surface area contributed by atoms with Gasteiger partial charge in [0, 0.05) is 25.2 Å². The lowest BCUT2D eigenvalue weighted by Crippen LogP contribution is -2.31. The number of benzene rings is 1. The number of nitrogens with zero attached hydrogens (tertiary/aromatic N) is 1. The van der Waals surface area contributed by atoms with Gasteiger partial charge in [-0.05, 0) is 49.0 Å². The maximum absolute atomic E-state index is 9.68. The third-order valence-corrected chi connectivity index (χ3v) is 4.79. The number of aliphatic hydroxyl groups excluding tert-OH is 1. The smallest absolute Gasteiger partial charge is 0.0869 e. The number of allylic oxidation sites excluding steroid dienone is 4. The molecule has 1 heterocycles. The normalized spacial score (nSPS) is 17.3. The van der Waals surface area contributed by atoms with Gasteiger partial charge in [-0.2, -0.15) is 0 Å². The number of aliphatic hydroxyl groups is 1. The Kier molecular flexibility index (Phi) is 6.62. The topological polar surface area (TPSA) is 23.5 Å². The summed E-state index contributed by atoms with van der Waals surface area (Å²) in [6.45, 7) is 13.1. The first-order valence-electron chi connectivity index (χ1n) is 8.72. The molecule has 24 heavy (non-hydrogen) atoms. The highest BCUT2D eigenvalue weighted by Gasteiger charge is 2.20. The molecule has 2 rings (SSSR count). The first kappa shape index (κ1) is 18.3. The van der Waals surface area contributed by atoms with Crippen LogP contribution in [0.4, 0.5) is 0 Å². The number of hydrogen-bond donors (Lipinski definition) is 1. The summed E-state index contributed by atoms with van der Waals surface area (Å²) in [5, 5.41) is 9.68. The van der Waals surface area contributed by atoms with Gasteiger partial charge in [0.25, 0.3) is 0 Å². The zero-order chi connectivity index (χ0) is 17.5. The third-order valence-electron chi connectivity index (χ3n) is 4.79. The summed E-state index contributed by atoms with van der Waals surface area (Å²) in [4.78, 5) is 2.49. The molecule has 0 unspecified atom stereocenters. The quantitative estimate of drug-likeness (QED) is 0.564. The van der Waals surface area contributed by atoms with E-state index >= 15 is 0 Å². The van der Waals surface area contributed by atoms with Crippen LogP contribution in [0.25, 0.3) is 0 Å². The van der Waals surface area contributed by atoms with Crippen LogP contribution in [0, 0.1) is 0 Å². The zero-order valence-corrected chi connectivity index (χ0v) is 15.2. The summed E-state index contributed by atoms with van der Waals surface area (Å²) < 4.78 is 0. The van der Waals surface area contributed by atoms with Crippen molar-refractivity contribution in [3.05, 3.63) is 82.7 Å². The van der Waals surface area contributed by atoms with Crippen molar-refractivity contribution in [3.63, 3.8) is 0 Å². The predicted octanol–water partition coefficient (Wildman–Crippen LogP) is 5.35. The van der Waals surface area contributed by atoms with Crippen LogP contribution in [0.3, 0.4) is 0 Å². The molecule has 1 aromatic rings. The lowest BCUT2D eigenvalue weighted by Gasteiger charge is -2.31. The van der Waals surface area contributed by atoms with Crippen LogP contribution in [0.15, 0.2) is 71.6 Å². The molecule has 0 atom stereocenters. The van der Waals surface area contributed by atoms with Crippen LogP contribution in [0.1, 0.15) is 38.3 Å². The Balaban J connectivity index is 2.16. The van der Waals surface area contributed by atoms with Crippen LogP contribution in [-0.4, -0.2) is 23.1 Å². The van der Waals surface area contributed by atoms with Gasteiger partial charge in [0.2, 0.25) is 0 Å². The number of aryl methyl sites for hydroxylation is 1. The van der Waals surface area contributed by atoms with E-state index in [1.165, 1.54) is 28.5 Å². The van der Waals surface area contributed by atoms with Crippen molar-refractivity contribution in [3.8, 4) is 0 Å². The summed E-state index contributed by atoms with van der Waals surface area (Å²) >= 11 is 0. The summed E-state index contributed by atoms with van der Waals surface area (Å²) in [6, 6.07) is 8.71. The van der Waals surface area contributed by atoms with E-state index in [1.54, 1.807) is 6.08 Å². The molecule has 1 aliphatic rings. The average molecular weight is 323 g/mol. The molecule has 0 spiro atoms. The lowest BCUT2D eigenvalue weighted by atomic mass is 9.90. The summed E-state index contributed by atoms with van der Waals surface area (Å²) in [5.74, 6) is 0. The second-order valence-corrected chi connectivity index (χ2v) is 6.47. The molecule has 1 N–H and O–H groups in total. The van der Waals surface area contributed by atoms with Gasteiger partial charge in [-0.3, -0.25) is 4.90 Å². The lowest BCUT2D eigenvalue weighted by molar-refractivity contribution is 0.277. The van der Waals surface area contributed by atoms with Crippen molar-refractivity contribution in [1.29, 1.82) is 0 Å². The van der Waals surface area contributed by atoms with E-state index < -0.39 is 0 Å². The molecule has 2 heteroatoms. The summed E-state index contributed by atoms with van der Waals surface area (Å²) in [6.07, 6.45) is 7.01. The Bertz CT molecular complexity index is 679. The van der Waals surface area contributed by atoms with Crippen molar-refractivity contribution in [2.75, 3.05) is 13.1 Å². The van der Waals surface area contributed by atoms with Crippen molar-refractivity contribution in [1.82, 2.24) is 4.90 Å². The van der Waals surface area contributed by atoms with Crippen molar-refractivity contribution >= 4 is 0 Å². The molecule has 2 nitrogen and oxygen atoms in total. The Labute approximate surface area is 146 Å². The first-order valence-corrected chi connectivity index (χ1v) is 8.72. The van der Waals surface area contributed by atoms with E-state index in [2.05, 4.69) is 49.6 Å². The van der Waals surface area contributed by atoms with Gasteiger partial charge in [0.15, 0.2) is 0 Å². The zero-order valence-electron chi connectivity index (χ0n) is 15.2. The molecule has 1 aliphatic heterocycles. The summed E-state index contributed by atoms with van der Waals surface area (Å²) in [7, 11) is 0. The molecule has 0 amide bonds. The fourth-order valence-corrected chi connectivity index (χ4v) is 3.47. The van der Waals surface area contributed by atoms with E-state index in [1.807, 2.05) is 13.0 Å². The average Bonchev–Trinajstić information content (AvgIpc) is 2.58. The molecule has 0 fully saturated rings. The van der Waals surface area contributed by atoms with Gasteiger partial charge in [0.05, 0.1) is 6.26 Å². The van der Waals surface area contributed by atoms with Crippen LogP contribution in [-0.2, 0) is 13.0 Å². The predicted molar refractivity (Wildman–Crippen MR) is 103 cm³/mol. The van der Waals surface area contributed by atoms with Crippen molar-refractivity contribution in [2.24, 2.45) is 0 Å². The van der Waals surface area contributed by atoms with Gasteiger partial charge < -0.3 is 5.11 Å². The molecule has 1 aromatic carbocycles. The Morgan fingerprint density at radius 1 is 1.29 bits per heavy atom. The molecular formula is C22H29NO. The Hall–Kier alpha value is -2.06. The van der Waals surface area contributed by atoms with E-state index in [9.17, 15) is 5.11 Å². The number of hydrogen-bond acceptors (Lipinski definition) is 2. The van der Waals surface area contributed by atoms with Crippen molar-refractivity contribution in [2.45, 2.75) is 40.2 Å². The van der Waals surface area contributed by atoms with Crippen molar-refractivity contribution < 1.29 is 5.11 Å². The van der Waals surface area contributed by atoms with Gasteiger partial charge in [-0.25, -0.2) is 0 Å². The molecule has 0 bridgehead atoms. The Morgan fingerprint density at radius 3 is 2.58 bits per heavy atom. The third kappa shape index (κ3) is 4.27. The molecule has 0 saturated heterocycles. The first-order chi connectivity index (χ1) is 11.6. The van der Waals surface area contributed by atoms with Gasteiger partial charge in [-0.1, -0.05) is 55.5 Å². The SMILES string of the molecule is C=C/C=C(C)\C(=C/O)C1=C(C)CN(Cc2ccccc2CC)CC1. The minimum atomic E-state index is 0.945. The van der Waals surface area contributed by atoms with Crippen LogP contribution in [0.2, 0.25) is 0 Å². The Morgan fingerprint density at radius 2 is 2.00 bits per heavy atom. The highest BCUT2D eigenvalue weighted by molar-refractivity contribution is 5.48. The van der Waals surface area contributed by atoms with Crippen LogP contribution in [0.5, 0.6) is 0 Å². The maximum Gasteiger partial charge on any atom is 0.0869 e. The second-order valence-electron chi connectivity index (χ2n) is 6.47. The molecule has 0 aliphatic carbocycles. The fraction of sp³-hybridized carbons (Fsp3) is 0.364. The standard InChI is InChI=1S/C22H29NO/c1-5-9-17(3)22(16-24)21-12-13-23(14-18(21)4)15-20-11-8-7-10-19(20)6-2/h5,7-11,16,24H,1,6,12-15H2,2-4H3/b17-9-,22-16+. The molecular weight excluding hydrogens is 294 g/mol. The van der Waals surface area contributed by atoms with E-state index in [4.69, 9.17) is 0 Å². The fourth-order valence-electron chi connectivity index (χ4n) is 3.47. The number of rotatable bonds is 6. The monoisotopic (exact) mass is 323 g/mol. The van der Waals surface area contributed by atoms with Gasteiger partial charge >= 0.3 is 0 Å². The highest BCUT2D eigenvalue weighted by atomic mass is 16.2. The second kappa shape index (κ2) is 8.70.